The van der Waals surface area contributed by atoms with Crippen molar-refractivity contribution in [2.75, 3.05) is 26.4 Å². The van der Waals surface area contributed by atoms with Crippen LogP contribution in [0.1, 0.15) is 13.8 Å². The van der Waals surface area contributed by atoms with E-state index < -0.39 is 31.8 Å². The largest absolute Gasteiger partial charge is 0.473 e. The fourth-order valence-corrected chi connectivity index (χ4v) is 0.502. The highest BCUT2D eigenvalue weighted by atomic mass is 16.5. The molecule has 4 N–H and O–H groups in total. The molecule has 0 aliphatic heterocycles. The van der Waals surface area contributed by atoms with Gasteiger partial charge in [0, 0.05) is 0 Å². The quantitative estimate of drug-likeness (QED) is 0.486. The zero-order valence-electron chi connectivity index (χ0n) is 9.83. The van der Waals surface area contributed by atoms with E-state index in [4.69, 9.17) is 25.2 Å². The second-order valence-electron chi connectivity index (χ2n) is 3.21. The number of ether oxygens (including phenoxy) is 1. The zero-order valence-corrected chi connectivity index (χ0v) is 9.83. The summed E-state index contributed by atoms with van der Waals surface area (Å²) in [6, 6.07) is 0. The van der Waals surface area contributed by atoms with E-state index in [2.05, 4.69) is 0 Å². The first kappa shape index (κ1) is 17.5. The van der Waals surface area contributed by atoms with Crippen LogP contribution < -0.4 is 0 Å². The van der Waals surface area contributed by atoms with Gasteiger partial charge in [-0.1, -0.05) is 12.2 Å². The maximum Gasteiger partial charge on any atom is 0.0858 e. The molecule has 0 atom stereocenters. The predicted octanol–water partition coefficient (Wildman–Crippen LogP) is 0.0122. The molecule has 0 aliphatic carbocycles. The molecule has 0 rings (SSSR count). The van der Waals surface area contributed by atoms with Crippen molar-refractivity contribution >= 4 is 0 Å². The number of hydrogen-bond acceptors (Lipinski definition) is 5. The number of aliphatic hydroxyl groups is 4. The van der Waals surface area contributed by atoms with E-state index in [1.165, 1.54) is 0 Å². The number of aliphatic hydroxyl groups excluding tert-OH is 4. The topological polar surface area (TPSA) is 90.2 Å². The minimum Gasteiger partial charge on any atom is -0.473 e. The van der Waals surface area contributed by atoms with Gasteiger partial charge < -0.3 is 25.2 Å². The molecule has 0 unspecified atom stereocenters. The van der Waals surface area contributed by atoms with E-state index in [1.54, 1.807) is 12.5 Å². The number of rotatable bonds is 6. The molecule has 0 fully saturated rings. The summed E-state index contributed by atoms with van der Waals surface area (Å²) in [6.07, 6.45) is 6.92. The maximum absolute atomic E-state index is 8.50. The number of allylic oxidation sites excluding steroid dienone is 2. The molecule has 0 spiro atoms. The van der Waals surface area contributed by atoms with E-state index in [-0.39, 0.29) is 0 Å². The highest BCUT2D eigenvalue weighted by molar-refractivity contribution is 4.75. The van der Waals surface area contributed by atoms with Crippen LogP contribution >= 0.6 is 0 Å². The Hall–Kier alpha value is -0.880. The van der Waals surface area contributed by atoms with Crippen LogP contribution in [0.15, 0.2) is 24.7 Å². The van der Waals surface area contributed by atoms with E-state index in [0.29, 0.717) is 0 Å². The third-order valence-electron chi connectivity index (χ3n) is 1.77. The lowest BCUT2D eigenvalue weighted by Crippen LogP contribution is -2.37. The Morgan fingerprint density at radius 3 is 1.25 bits per heavy atom. The molecule has 0 bridgehead atoms. The first-order valence-electron chi connectivity index (χ1n) is 4.97. The third kappa shape index (κ3) is 8.43. The van der Waals surface area contributed by atoms with Gasteiger partial charge in [-0.2, -0.15) is 0 Å². The predicted molar refractivity (Wildman–Crippen MR) is 61.5 cm³/mol. The zero-order chi connectivity index (χ0) is 12.9. The average Bonchev–Trinajstić information content (AvgIpc) is 2.34. The minimum atomic E-state index is -1.11. The van der Waals surface area contributed by atoms with Crippen LogP contribution in [-0.4, -0.2) is 46.9 Å². The van der Waals surface area contributed by atoms with E-state index in [1.807, 2.05) is 26.0 Å². The standard InChI is InChI=1S/C6H10O.C5H12O4/c1-3-5-7-6-4-2;6-1-5(2-7,3-8)4-9/h3-6H,1-2H3;6-9H,1-4H2/b5-3-,6-4-;. The normalized spacial score (nSPS) is 11.6. The molecule has 0 aliphatic rings. The molecule has 96 valence electrons. The van der Waals surface area contributed by atoms with Gasteiger partial charge in [0.15, 0.2) is 0 Å². The van der Waals surface area contributed by atoms with E-state index in [0.717, 1.165) is 0 Å². The van der Waals surface area contributed by atoms with Gasteiger partial charge in [0.25, 0.3) is 0 Å². The van der Waals surface area contributed by atoms with Crippen LogP contribution in [0.4, 0.5) is 0 Å². The molecule has 0 heterocycles. The van der Waals surface area contributed by atoms with Crippen molar-refractivity contribution in [2.45, 2.75) is 13.8 Å². The van der Waals surface area contributed by atoms with Gasteiger partial charge in [-0.05, 0) is 13.8 Å². The SMILES string of the molecule is C/C=C\O/C=C\C.OCC(CO)(CO)CO. The Balaban J connectivity index is 0. The van der Waals surface area contributed by atoms with Gasteiger partial charge in [0.05, 0.1) is 44.4 Å². The second-order valence-corrected chi connectivity index (χ2v) is 3.21. The lowest BCUT2D eigenvalue weighted by molar-refractivity contribution is -0.0328. The Morgan fingerprint density at radius 2 is 1.12 bits per heavy atom. The Bertz CT molecular complexity index is 157. The minimum absolute atomic E-state index is 0.406. The molecule has 0 aromatic carbocycles. The molecule has 5 nitrogen and oxygen atoms in total. The molecular formula is C11H22O5. The molecule has 0 aromatic heterocycles. The molecule has 0 saturated heterocycles. The summed E-state index contributed by atoms with van der Waals surface area (Å²) in [4.78, 5) is 0. The highest BCUT2D eigenvalue weighted by Gasteiger charge is 2.26. The van der Waals surface area contributed by atoms with Crippen molar-refractivity contribution in [1.29, 1.82) is 0 Å². The van der Waals surface area contributed by atoms with Crippen LogP contribution in [0.5, 0.6) is 0 Å². The van der Waals surface area contributed by atoms with Gasteiger partial charge in [0.2, 0.25) is 0 Å². The molecule has 16 heavy (non-hydrogen) atoms. The molecule has 5 heteroatoms. The number of hydrogen-bond donors (Lipinski definition) is 4. The highest BCUT2D eigenvalue weighted by Crippen LogP contribution is 2.11. The smallest absolute Gasteiger partial charge is 0.0858 e. The summed E-state index contributed by atoms with van der Waals surface area (Å²) in [7, 11) is 0. The van der Waals surface area contributed by atoms with Crippen molar-refractivity contribution in [3.8, 4) is 0 Å². The summed E-state index contributed by atoms with van der Waals surface area (Å²) >= 11 is 0. The summed E-state index contributed by atoms with van der Waals surface area (Å²) in [5, 5.41) is 34.0. The van der Waals surface area contributed by atoms with Crippen LogP contribution in [-0.2, 0) is 4.74 Å². The summed E-state index contributed by atoms with van der Waals surface area (Å²) in [6.45, 7) is 2.19. The van der Waals surface area contributed by atoms with Gasteiger partial charge in [-0.25, -0.2) is 0 Å². The monoisotopic (exact) mass is 234 g/mol. The lowest BCUT2D eigenvalue weighted by Gasteiger charge is -2.23. The van der Waals surface area contributed by atoms with Crippen molar-refractivity contribution < 1.29 is 25.2 Å². The van der Waals surface area contributed by atoms with Crippen molar-refractivity contribution in [2.24, 2.45) is 5.41 Å². The first-order valence-corrected chi connectivity index (χ1v) is 4.97. The van der Waals surface area contributed by atoms with E-state index in [9.17, 15) is 0 Å². The Morgan fingerprint density at radius 1 is 0.812 bits per heavy atom. The molecule has 0 aromatic rings. The van der Waals surface area contributed by atoms with E-state index >= 15 is 0 Å². The van der Waals surface area contributed by atoms with Gasteiger partial charge in [-0.3, -0.25) is 0 Å². The summed E-state index contributed by atoms with van der Waals surface area (Å²) < 4.78 is 4.77. The first-order chi connectivity index (χ1) is 7.66. The lowest BCUT2D eigenvalue weighted by atomic mass is 9.93. The van der Waals surface area contributed by atoms with Gasteiger partial charge >= 0.3 is 0 Å². The van der Waals surface area contributed by atoms with Gasteiger partial charge in [-0.15, -0.1) is 0 Å². The van der Waals surface area contributed by atoms with Crippen LogP contribution in [0.3, 0.4) is 0 Å². The fraction of sp³-hybridized carbons (Fsp3) is 0.636. The average molecular weight is 234 g/mol. The summed E-state index contributed by atoms with van der Waals surface area (Å²) in [5.74, 6) is 0. The molecule has 0 radical (unpaired) electrons. The fourth-order valence-electron chi connectivity index (χ4n) is 0.502. The van der Waals surface area contributed by atoms with Crippen molar-refractivity contribution in [3.05, 3.63) is 24.7 Å². The summed E-state index contributed by atoms with van der Waals surface area (Å²) in [5.41, 5.74) is -1.11. The third-order valence-corrected chi connectivity index (χ3v) is 1.77. The second kappa shape index (κ2) is 12.2. The molecule has 0 saturated carbocycles. The molecule has 0 amide bonds. The Labute approximate surface area is 96.3 Å². The molecular weight excluding hydrogens is 212 g/mol. The van der Waals surface area contributed by atoms with Crippen molar-refractivity contribution in [1.82, 2.24) is 0 Å². The maximum atomic E-state index is 8.50. The van der Waals surface area contributed by atoms with Gasteiger partial charge in [0.1, 0.15) is 0 Å². The van der Waals surface area contributed by atoms with Crippen LogP contribution in [0.2, 0.25) is 0 Å². The van der Waals surface area contributed by atoms with Crippen molar-refractivity contribution in [3.63, 3.8) is 0 Å². The van der Waals surface area contributed by atoms with Crippen LogP contribution in [0, 0.1) is 5.41 Å². The van der Waals surface area contributed by atoms with Crippen LogP contribution in [0.25, 0.3) is 0 Å². The Kier molecular flexibility index (Phi) is 13.3.